The molecule has 6 nitrogen and oxygen atoms in total. The van der Waals surface area contributed by atoms with Crippen LogP contribution in [-0.2, 0) is 20.3 Å². The average molecular weight is 481 g/mol. The number of carboxylic acids is 1. The molecule has 1 heterocycles. The van der Waals surface area contributed by atoms with Crippen LogP contribution in [0, 0.1) is 6.92 Å². The molecule has 1 amide bonds. The molecule has 180 valence electrons. The number of hydrogen-bond acceptors (Lipinski definition) is 5. The standard InChI is InChI=1S/C14H10F2.C6H11NO2.C3H5NO2.CH4S/c1-9-6-7-13-11(8-9)10-4-2-3-5-12(10)14(13,15)16;1-7-4-2-3-5(7)6(8)9;5-2-1-4-3-6;1-2/h2-8H,1H3;5H,2-4H2,1H3,(H,8,9);2-3H,1H2,(H,4,6);2H,1H3. The number of carboxylic acid groups (broad SMARTS) is 1. The number of likely N-dealkylation sites (tertiary alicyclic amines) is 1. The zero-order chi connectivity index (χ0) is 25.0. The van der Waals surface area contributed by atoms with Crippen molar-refractivity contribution in [3.8, 4) is 11.1 Å². The first-order valence-electron chi connectivity index (χ1n) is 10.3. The lowest BCUT2D eigenvalue weighted by Crippen LogP contribution is -2.32. The third-order valence-electron chi connectivity index (χ3n) is 5.16. The Morgan fingerprint density at radius 1 is 1.18 bits per heavy atom. The van der Waals surface area contributed by atoms with Crippen molar-refractivity contribution in [2.24, 2.45) is 0 Å². The van der Waals surface area contributed by atoms with Crippen LogP contribution in [0.4, 0.5) is 8.78 Å². The topological polar surface area (TPSA) is 86.7 Å². The fourth-order valence-corrected chi connectivity index (χ4v) is 3.61. The lowest BCUT2D eigenvalue weighted by atomic mass is 10.0. The fourth-order valence-electron chi connectivity index (χ4n) is 3.61. The summed E-state index contributed by atoms with van der Waals surface area (Å²) in [6, 6.07) is 11.6. The van der Waals surface area contributed by atoms with Gasteiger partial charge in [-0.15, -0.1) is 0 Å². The highest BCUT2D eigenvalue weighted by Crippen LogP contribution is 2.50. The fraction of sp³-hybridized carbons (Fsp3) is 0.375. The van der Waals surface area contributed by atoms with Crippen molar-refractivity contribution < 1.29 is 28.3 Å². The van der Waals surface area contributed by atoms with Crippen molar-refractivity contribution in [1.82, 2.24) is 10.2 Å². The molecule has 1 fully saturated rings. The normalized spacial score (nSPS) is 16.8. The number of halogens is 2. The number of aliphatic carboxylic acids is 1. The van der Waals surface area contributed by atoms with Gasteiger partial charge in [-0.05, 0) is 50.7 Å². The number of nitrogens with one attached hydrogen (secondary N) is 1. The van der Waals surface area contributed by atoms with Crippen LogP contribution in [0.25, 0.3) is 11.1 Å². The highest BCUT2D eigenvalue weighted by molar-refractivity contribution is 7.79. The van der Waals surface area contributed by atoms with Crippen molar-refractivity contribution in [2.45, 2.75) is 31.7 Å². The highest BCUT2D eigenvalue weighted by atomic mass is 32.1. The lowest BCUT2D eigenvalue weighted by Gasteiger charge is -2.13. The van der Waals surface area contributed by atoms with E-state index in [1.54, 1.807) is 30.5 Å². The first-order chi connectivity index (χ1) is 15.7. The van der Waals surface area contributed by atoms with Crippen molar-refractivity contribution in [1.29, 1.82) is 0 Å². The lowest BCUT2D eigenvalue weighted by molar-refractivity contribution is -0.141. The van der Waals surface area contributed by atoms with Crippen LogP contribution in [-0.4, -0.2) is 61.1 Å². The Morgan fingerprint density at radius 3 is 2.30 bits per heavy atom. The Labute approximate surface area is 198 Å². The molecule has 1 atom stereocenters. The van der Waals surface area contributed by atoms with Gasteiger partial charge in [-0.2, -0.15) is 21.4 Å². The molecule has 2 aromatic rings. The number of fused-ring (bicyclic) bond motifs is 3. The molecule has 0 spiro atoms. The van der Waals surface area contributed by atoms with E-state index in [0.29, 0.717) is 23.8 Å². The van der Waals surface area contributed by atoms with Crippen molar-refractivity contribution in [3.05, 3.63) is 59.2 Å². The second kappa shape index (κ2) is 13.7. The molecular weight excluding hydrogens is 450 g/mol. The molecule has 1 aliphatic heterocycles. The predicted molar refractivity (Wildman–Crippen MR) is 128 cm³/mol. The van der Waals surface area contributed by atoms with Gasteiger partial charge in [0.1, 0.15) is 12.3 Å². The second-order valence-electron chi connectivity index (χ2n) is 7.34. The van der Waals surface area contributed by atoms with Gasteiger partial charge in [0.25, 0.3) is 5.92 Å². The van der Waals surface area contributed by atoms with E-state index in [4.69, 9.17) is 5.11 Å². The maximum absolute atomic E-state index is 14.1. The van der Waals surface area contributed by atoms with Crippen molar-refractivity contribution >= 4 is 31.3 Å². The van der Waals surface area contributed by atoms with E-state index in [-0.39, 0.29) is 23.7 Å². The highest BCUT2D eigenvalue weighted by Gasteiger charge is 2.43. The Kier molecular flexibility index (Phi) is 11.7. The molecule has 1 saturated heterocycles. The summed E-state index contributed by atoms with van der Waals surface area (Å²) < 4.78 is 28.1. The number of nitrogens with zero attached hydrogens (tertiary/aromatic N) is 1. The minimum Gasteiger partial charge on any atom is -0.480 e. The monoisotopic (exact) mass is 480 g/mol. The first-order valence-corrected chi connectivity index (χ1v) is 11.2. The van der Waals surface area contributed by atoms with Crippen LogP contribution in [0.2, 0.25) is 0 Å². The van der Waals surface area contributed by atoms with Gasteiger partial charge in [0.05, 0.1) is 6.54 Å². The van der Waals surface area contributed by atoms with Crippen LogP contribution in [0.15, 0.2) is 42.5 Å². The Morgan fingerprint density at radius 2 is 1.82 bits per heavy atom. The van der Waals surface area contributed by atoms with Crippen LogP contribution in [0.3, 0.4) is 0 Å². The van der Waals surface area contributed by atoms with E-state index in [2.05, 4.69) is 17.9 Å². The molecule has 2 aliphatic rings. The zero-order valence-electron chi connectivity index (χ0n) is 18.9. The molecule has 2 N–H and O–H groups in total. The predicted octanol–water partition coefficient (Wildman–Crippen LogP) is 3.76. The molecule has 1 aliphatic carbocycles. The summed E-state index contributed by atoms with van der Waals surface area (Å²) in [5, 5.41) is 10.7. The third-order valence-corrected chi connectivity index (χ3v) is 5.16. The van der Waals surface area contributed by atoms with Gasteiger partial charge in [0.15, 0.2) is 0 Å². The summed E-state index contributed by atoms with van der Waals surface area (Å²) in [5.41, 5.74) is 2.58. The molecule has 33 heavy (non-hydrogen) atoms. The number of amides is 1. The van der Waals surface area contributed by atoms with Crippen LogP contribution in [0.5, 0.6) is 0 Å². The Balaban J connectivity index is 0.000000272. The number of aldehydes is 1. The minimum absolute atomic E-state index is 0.115. The van der Waals surface area contributed by atoms with Gasteiger partial charge >= 0.3 is 5.97 Å². The molecule has 0 radical (unpaired) electrons. The number of likely N-dealkylation sites (N-methyl/N-ethyl adjacent to an activating group) is 1. The quantitative estimate of drug-likeness (QED) is 0.353. The molecule has 4 rings (SSSR count). The van der Waals surface area contributed by atoms with Gasteiger partial charge < -0.3 is 15.2 Å². The summed E-state index contributed by atoms with van der Waals surface area (Å²) >= 11 is 3.53. The van der Waals surface area contributed by atoms with Gasteiger partial charge in [0, 0.05) is 11.1 Å². The zero-order valence-corrected chi connectivity index (χ0v) is 19.8. The summed E-state index contributed by atoms with van der Waals surface area (Å²) in [4.78, 5) is 30.9. The second-order valence-corrected chi connectivity index (χ2v) is 7.34. The van der Waals surface area contributed by atoms with E-state index < -0.39 is 11.9 Å². The first kappa shape index (κ1) is 28.3. The molecule has 2 aromatic carbocycles. The van der Waals surface area contributed by atoms with Crippen LogP contribution < -0.4 is 5.32 Å². The number of rotatable bonds is 4. The molecule has 0 saturated carbocycles. The van der Waals surface area contributed by atoms with Crippen molar-refractivity contribution in [2.75, 3.05) is 26.4 Å². The number of carbonyl (C=O) groups is 3. The van der Waals surface area contributed by atoms with E-state index in [9.17, 15) is 23.2 Å². The molecule has 0 aromatic heterocycles. The molecule has 9 heteroatoms. The van der Waals surface area contributed by atoms with Gasteiger partial charge in [-0.1, -0.05) is 48.0 Å². The Hall–Kier alpha value is -2.78. The Bertz CT molecular complexity index is 932. The van der Waals surface area contributed by atoms with Crippen LogP contribution >= 0.6 is 12.6 Å². The van der Waals surface area contributed by atoms with Crippen molar-refractivity contribution in [3.63, 3.8) is 0 Å². The van der Waals surface area contributed by atoms with Gasteiger partial charge in [0.2, 0.25) is 6.41 Å². The van der Waals surface area contributed by atoms with Crippen LogP contribution in [0.1, 0.15) is 29.5 Å². The molecular formula is C24H30F2N2O4S. The number of aryl methyl sites for hydroxylation is 1. The summed E-state index contributed by atoms with van der Waals surface area (Å²) in [7, 11) is 1.85. The number of thiol groups is 1. The largest absolute Gasteiger partial charge is 0.480 e. The molecule has 1 unspecified atom stereocenters. The summed E-state index contributed by atoms with van der Waals surface area (Å²) in [5.74, 6) is -3.53. The smallest absolute Gasteiger partial charge is 0.320 e. The van der Waals surface area contributed by atoms with E-state index in [1.165, 1.54) is 12.1 Å². The minimum atomic E-state index is -2.85. The maximum Gasteiger partial charge on any atom is 0.320 e. The number of carbonyl (C=O) groups excluding carboxylic acids is 2. The number of benzene rings is 2. The van der Waals surface area contributed by atoms with Gasteiger partial charge in [-0.3, -0.25) is 14.5 Å². The van der Waals surface area contributed by atoms with E-state index in [0.717, 1.165) is 24.9 Å². The summed E-state index contributed by atoms with van der Waals surface area (Å²) in [6.45, 7) is 2.96. The van der Waals surface area contributed by atoms with E-state index in [1.807, 2.05) is 24.9 Å². The maximum atomic E-state index is 14.1. The van der Waals surface area contributed by atoms with Gasteiger partial charge in [-0.25, -0.2) is 0 Å². The molecule has 0 bridgehead atoms. The third kappa shape index (κ3) is 7.36. The SMILES string of the molecule is CN1CCCC1C(=O)O.CS.Cc1ccc2c(c1)-c1ccccc1C2(F)F.O=CCNC=O. The average Bonchev–Trinajstić information content (AvgIpc) is 3.34. The number of alkyl halides is 2. The number of hydrogen-bond donors (Lipinski definition) is 3. The van der Waals surface area contributed by atoms with E-state index >= 15 is 0 Å². The summed E-state index contributed by atoms with van der Waals surface area (Å²) in [6.07, 6.45) is 4.63.